The van der Waals surface area contributed by atoms with Gasteiger partial charge in [-0.3, -0.25) is 4.79 Å². The molecule has 0 aliphatic carbocycles. The zero-order valence-electron chi connectivity index (χ0n) is 22.2. The van der Waals surface area contributed by atoms with Gasteiger partial charge >= 0.3 is 6.09 Å². The SMILES string of the molecule is CC(C)(CO)C(C)(O)C(=O)NC(Cc1ccccc1)C(O)COC(CN)C(Cc1ccccc1)OC(N)=O. The number of aliphatic hydroxyl groups excluding tert-OH is 2. The molecule has 10 nitrogen and oxygen atoms in total. The van der Waals surface area contributed by atoms with Gasteiger partial charge in [0, 0.05) is 18.4 Å². The number of aliphatic hydroxyl groups is 3. The van der Waals surface area contributed by atoms with E-state index in [-0.39, 0.29) is 19.6 Å². The molecule has 0 fully saturated rings. The van der Waals surface area contributed by atoms with E-state index in [4.69, 9.17) is 20.9 Å². The van der Waals surface area contributed by atoms with Crippen LogP contribution in [0.3, 0.4) is 0 Å². The zero-order valence-corrected chi connectivity index (χ0v) is 22.2. The first-order chi connectivity index (χ1) is 17.9. The van der Waals surface area contributed by atoms with Crippen LogP contribution >= 0.6 is 0 Å². The Bertz CT molecular complexity index is 1000. The maximum Gasteiger partial charge on any atom is 0.404 e. The van der Waals surface area contributed by atoms with Gasteiger partial charge in [-0.15, -0.1) is 0 Å². The second kappa shape index (κ2) is 14.2. The molecule has 8 N–H and O–H groups in total. The topological polar surface area (TPSA) is 177 Å². The van der Waals surface area contributed by atoms with Gasteiger partial charge in [-0.25, -0.2) is 4.79 Å². The summed E-state index contributed by atoms with van der Waals surface area (Å²) in [6.07, 6.45) is -3.25. The highest BCUT2D eigenvalue weighted by atomic mass is 16.6. The van der Waals surface area contributed by atoms with Crippen LogP contribution in [0.15, 0.2) is 60.7 Å². The number of ether oxygens (including phenoxy) is 2. The van der Waals surface area contributed by atoms with Gasteiger partial charge in [-0.1, -0.05) is 74.5 Å². The quantitative estimate of drug-likeness (QED) is 0.196. The molecule has 0 saturated heterocycles. The summed E-state index contributed by atoms with van der Waals surface area (Å²) in [5.41, 5.74) is 9.85. The Labute approximate surface area is 223 Å². The number of amides is 2. The molecule has 5 unspecified atom stereocenters. The Morgan fingerprint density at radius 3 is 1.95 bits per heavy atom. The number of carbonyl (C=O) groups is 2. The average molecular weight is 532 g/mol. The normalized spacial score (nSPS) is 16.5. The fourth-order valence-electron chi connectivity index (χ4n) is 3.83. The second-order valence-electron chi connectivity index (χ2n) is 10.2. The van der Waals surface area contributed by atoms with Crippen LogP contribution in [0.2, 0.25) is 0 Å². The Morgan fingerprint density at radius 2 is 1.47 bits per heavy atom. The summed E-state index contributed by atoms with van der Waals surface area (Å²) >= 11 is 0. The van der Waals surface area contributed by atoms with Crippen LogP contribution in [0.25, 0.3) is 0 Å². The van der Waals surface area contributed by atoms with E-state index in [1.807, 2.05) is 60.7 Å². The maximum atomic E-state index is 13.1. The molecule has 0 saturated carbocycles. The summed E-state index contributed by atoms with van der Waals surface area (Å²) < 4.78 is 11.2. The van der Waals surface area contributed by atoms with Crippen LogP contribution in [-0.4, -0.2) is 77.0 Å². The van der Waals surface area contributed by atoms with Crippen molar-refractivity contribution in [3.8, 4) is 0 Å². The molecule has 10 heteroatoms. The molecule has 2 rings (SSSR count). The van der Waals surface area contributed by atoms with Crippen molar-refractivity contribution in [3.63, 3.8) is 0 Å². The van der Waals surface area contributed by atoms with Crippen molar-refractivity contribution in [2.75, 3.05) is 19.8 Å². The number of primary amides is 1. The van der Waals surface area contributed by atoms with Gasteiger partial charge in [0.2, 0.25) is 0 Å². The van der Waals surface area contributed by atoms with Crippen molar-refractivity contribution in [1.82, 2.24) is 5.32 Å². The molecule has 0 aromatic heterocycles. The van der Waals surface area contributed by atoms with E-state index in [2.05, 4.69) is 5.32 Å². The lowest BCUT2D eigenvalue weighted by Gasteiger charge is -2.38. The number of hydrogen-bond acceptors (Lipinski definition) is 8. The molecule has 5 atom stereocenters. The molecule has 0 heterocycles. The van der Waals surface area contributed by atoms with Crippen LogP contribution in [-0.2, 0) is 27.1 Å². The van der Waals surface area contributed by atoms with Crippen LogP contribution in [0.1, 0.15) is 31.9 Å². The van der Waals surface area contributed by atoms with Crippen LogP contribution < -0.4 is 16.8 Å². The first-order valence-electron chi connectivity index (χ1n) is 12.6. The highest BCUT2D eigenvalue weighted by Gasteiger charge is 2.46. The van der Waals surface area contributed by atoms with Crippen molar-refractivity contribution >= 4 is 12.0 Å². The Hall–Kier alpha value is -3.02. The van der Waals surface area contributed by atoms with Crippen LogP contribution in [0, 0.1) is 5.41 Å². The van der Waals surface area contributed by atoms with E-state index >= 15 is 0 Å². The highest BCUT2D eigenvalue weighted by molar-refractivity contribution is 5.85. The van der Waals surface area contributed by atoms with Gasteiger partial charge < -0.3 is 41.6 Å². The summed E-state index contributed by atoms with van der Waals surface area (Å²) in [5.74, 6) is -0.745. The Morgan fingerprint density at radius 1 is 0.947 bits per heavy atom. The molecule has 0 bridgehead atoms. The summed E-state index contributed by atoms with van der Waals surface area (Å²) in [6, 6.07) is 17.7. The smallest absolute Gasteiger partial charge is 0.404 e. The summed E-state index contributed by atoms with van der Waals surface area (Å²) in [4.78, 5) is 24.6. The maximum absolute atomic E-state index is 13.1. The number of hydrogen-bond donors (Lipinski definition) is 6. The Kier molecular flexibility index (Phi) is 11.7. The lowest BCUT2D eigenvalue weighted by atomic mass is 9.76. The van der Waals surface area contributed by atoms with Gasteiger partial charge in [0.1, 0.15) is 17.8 Å². The van der Waals surface area contributed by atoms with E-state index in [1.165, 1.54) is 6.92 Å². The van der Waals surface area contributed by atoms with E-state index in [0.717, 1.165) is 11.1 Å². The van der Waals surface area contributed by atoms with Gasteiger partial charge in [0.15, 0.2) is 0 Å². The predicted octanol–water partition coefficient (Wildman–Crippen LogP) is 0.895. The lowest BCUT2D eigenvalue weighted by Crippen LogP contribution is -2.60. The molecular formula is C28H41N3O7. The largest absolute Gasteiger partial charge is 0.443 e. The summed E-state index contributed by atoms with van der Waals surface area (Å²) in [7, 11) is 0. The van der Waals surface area contributed by atoms with Crippen LogP contribution in [0.5, 0.6) is 0 Å². The van der Waals surface area contributed by atoms with Crippen molar-refractivity contribution in [2.45, 2.75) is 63.6 Å². The monoisotopic (exact) mass is 531 g/mol. The minimum Gasteiger partial charge on any atom is -0.443 e. The standard InChI is InChI=1S/C28H41N3O7/c1-27(2,18-32)28(3,36)25(34)31-21(14-19-10-6-4-7-11-19)22(33)17-37-24(16-29)23(38-26(30)35)15-20-12-8-5-9-13-20/h4-13,21-24,32-33,36H,14-18,29H2,1-3H3,(H2,30,35)(H,31,34). The first-order valence-corrected chi connectivity index (χ1v) is 12.6. The first kappa shape index (κ1) is 31.2. The number of rotatable bonds is 15. The van der Waals surface area contributed by atoms with Gasteiger partial charge in [-0.2, -0.15) is 0 Å². The number of carbonyl (C=O) groups excluding carboxylic acids is 2. The summed E-state index contributed by atoms with van der Waals surface area (Å²) in [5, 5.41) is 34.4. The number of nitrogens with two attached hydrogens (primary N) is 2. The third kappa shape index (κ3) is 8.78. The molecular weight excluding hydrogens is 490 g/mol. The minimum absolute atomic E-state index is 0.0212. The van der Waals surface area contributed by atoms with E-state index in [0.29, 0.717) is 6.42 Å². The molecule has 0 radical (unpaired) electrons. The van der Waals surface area contributed by atoms with Crippen LogP contribution in [0.4, 0.5) is 4.79 Å². The van der Waals surface area contributed by atoms with Crippen molar-refractivity contribution in [1.29, 1.82) is 0 Å². The van der Waals surface area contributed by atoms with Crippen molar-refractivity contribution < 1.29 is 34.4 Å². The van der Waals surface area contributed by atoms with Gasteiger partial charge in [0.05, 0.1) is 25.4 Å². The zero-order chi connectivity index (χ0) is 28.3. The molecule has 2 aromatic rings. The molecule has 0 spiro atoms. The van der Waals surface area contributed by atoms with Crippen molar-refractivity contribution in [2.24, 2.45) is 16.9 Å². The number of benzene rings is 2. The molecule has 38 heavy (non-hydrogen) atoms. The molecule has 0 aliphatic heterocycles. The van der Waals surface area contributed by atoms with E-state index < -0.39 is 54.0 Å². The van der Waals surface area contributed by atoms with E-state index in [9.17, 15) is 24.9 Å². The van der Waals surface area contributed by atoms with Crippen molar-refractivity contribution in [3.05, 3.63) is 71.8 Å². The second-order valence-corrected chi connectivity index (χ2v) is 10.2. The molecule has 210 valence electrons. The lowest BCUT2D eigenvalue weighted by molar-refractivity contribution is -0.156. The molecule has 2 aromatic carbocycles. The number of nitrogens with one attached hydrogen (secondary N) is 1. The highest BCUT2D eigenvalue weighted by Crippen LogP contribution is 2.30. The molecule has 2 amide bonds. The fourth-order valence-corrected chi connectivity index (χ4v) is 3.83. The van der Waals surface area contributed by atoms with E-state index in [1.54, 1.807) is 13.8 Å². The Balaban J connectivity index is 2.19. The fraction of sp³-hybridized carbons (Fsp3) is 0.500. The van der Waals surface area contributed by atoms with Gasteiger partial charge in [-0.05, 0) is 24.5 Å². The summed E-state index contributed by atoms with van der Waals surface area (Å²) in [6.45, 7) is 3.75. The third-order valence-corrected chi connectivity index (χ3v) is 6.91. The molecule has 0 aliphatic rings. The predicted molar refractivity (Wildman–Crippen MR) is 143 cm³/mol. The van der Waals surface area contributed by atoms with Gasteiger partial charge in [0.25, 0.3) is 5.91 Å². The average Bonchev–Trinajstić information content (AvgIpc) is 2.89. The minimum atomic E-state index is -1.92. The third-order valence-electron chi connectivity index (χ3n) is 6.91.